The molecule has 4 nitrogen and oxygen atoms in total. The first-order chi connectivity index (χ1) is 10.0. The molecule has 0 bridgehead atoms. The van der Waals surface area contributed by atoms with Gasteiger partial charge in [0.1, 0.15) is 0 Å². The summed E-state index contributed by atoms with van der Waals surface area (Å²) in [5.41, 5.74) is 3.73. The zero-order valence-electron chi connectivity index (χ0n) is 11.6. The molecule has 1 aliphatic heterocycles. The van der Waals surface area contributed by atoms with Crippen LogP contribution < -0.4 is 0 Å². The summed E-state index contributed by atoms with van der Waals surface area (Å²) >= 11 is 5.77. The topological polar surface area (TPSA) is 50.3 Å². The van der Waals surface area contributed by atoms with E-state index < -0.39 is 10.0 Å². The molecule has 1 aromatic heterocycles. The van der Waals surface area contributed by atoms with Gasteiger partial charge in [0.05, 0.1) is 16.5 Å². The summed E-state index contributed by atoms with van der Waals surface area (Å²) in [6.07, 6.45) is 1.72. The van der Waals surface area contributed by atoms with Gasteiger partial charge in [-0.3, -0.25) is 4.98 Å². The SMILES string of the molecule is Cc1ccc(S(=O)(=O)N2Cc3cnc(CCl)cc3C2)cc1. The van der Waals surface area contributed by atoms with Crippen molar-refractivity contribution in [3.63, 3.8) is 0 Å². The molecule has 0 N–H and O–H groups in total. The maximum absolute atomic E-state index is 12.6. The van der Waals surface area contributed by atoms with Gasteiger partial charge in [0.25, 0.3) is 0 Å². The Kier molecular flexibility index (Phi) is 3.73. The van der Waals surface area contributed by atoms with Gasteiger partial charge >= 0.3 is 0 Å². The Morgan fingerprint density at radius 3 is 2.52 bits per heavy atom. The first kappa shape index (κ1) is 14.5. The lowest BCUT2D eigenvalue weighted by atomic mass is 10.2. The molecule has 0 radical (unpaired) electrons. The number of aromatic nitrogens is 1. The monoisotopic (exact) mass is 322 g/mol. The van der Waals surface area contributed by atoms with E-state index in [2.05, 4.69) is 4.98 Å². The Bertz CT molecular complexity index is 773. The van der Waals surface area contributed by atoms with Crippen LogP contribution in [0.2, 0.25) is 0 Å². The van der Waals surface area contributed by atoms with E-state index in [1.165, 1.54) is 4.31 Å². The van der Waals surface area contributed by atoms with E-state index >= 15 is 0 Å². The minimum atomic E-state index is -3.47. The average molecular weight is 323 g/mol. The Balaban J connectivity index is 1.91. The second-order valence-electron chi connectivity index (χ2n) is 5.16. The number of sulfonamides is 1. The van der Waals surface area contributed by atoms with Crippen molar-refractivity contribution >= 4 is 21.6 Å². The average Bonchev–Trinajstić information content (AvgIpc) is 2.91. The molecule has 0 saturated carbocycles. The molecule has 1 aromatic carbocycles. The van der Waals surface area contributed by atoms with Gasteiger partial charge in [0.15, 0.2) is 0 Å². The summed E-state index contributed by atoms with van der Waals surface area (Å²) in [6, 6.07) is 8.80. The Labute approximate surface area is 129 Å². The normalized spacial score (nSPS) is 15.1. The van der Waals surface area contributed by atoms with E-state index in [4.69, 9.17) is 11.6 Å². The van der Waals surface area contributed by atoms with Crippen LogP contribution in [0.15, 0.2) is 41.4 Å². The summed E-state index contributed by atoms with van der Waals surface area (Å²) in [5, 5.41) is 0. The lowest BCUT2D eigenvalue weighted by Crippen LogP contribution is -2.25. The molecule has 21 heavy (non-hydrogen) atoms. The van der Waals surface area contributed by atoms with Gasteiger partial charge in [0.2, 0.25) is 10.0 Å². The van der Waals surface area contributed by atoms with Gasteiger partial charge in [-0.15, -0.1) is 11.6 Å². The van der Waals surface area contributed by atoms with Crippen LogP contribution in [0.3, 0.4) is 0 Å². The number of pyridine rings is 1. The molecular formula is C15H15ClN2O2S. The molecule has 2 aromatic rings. The highest BCUT2D eigenvalue weighted by Gasteiger charge is 2.30. The fraction of sp³-hybridized carbons (Fsp3) is 0.267. The molecule has 0 fully saturated rings. The number of rotatable bonds is 3. The number of hydrogen-bond donors (Lipinski definition) is 0. The number of nitrogens with zero attached hydrogens (tertiary/aromatic N) is 2. The maximum atomic E-state index is 12.6. The molecular weight excluding hydrogens is 308 g/mol. The van der Waals surface area contributed by atoms with Crippen LogP contribution in [0.1, 0.15) is 22.4 Å². The van der Waals surface area contributed by atoms with Gasteiger partial charge < -0.3 is 0 Å². The zero-order chi connectivity index (χ0) is 15.0. The van der Waals surface area contributed by atoms with Gasteiger partial charge in [0, 0.05) is 19.3 Å². The van der Waals surface area contributed by atoms with Crippen molar-refractivity contribution in [1.82, 2.24) is 9.29 Å². The van der Waals surface area contributed by atoms with Crippen LogP contribution in [-0.2, 0) is 29.0 Å². The van der Waals surface area contributed by atoms with Gasteiger partial charge in [-0.2, -0.15) is 4.31 Å². The standard InChI is InChI=1S/C15H15ClN2O2S/c1-11-2-4-15(5-3-11)21(19,20)18-9-12-6-14(7-16)17-8-13(12)10-18/h2-6,8H,7,9-10H2,1H3. The second-order valence-corrected chi connectivity index (χ2v) is 7.37. The van der Waals surface area contributed by atoms with Crippen molar-refractivity contribution in [2.45, 2.75) is 30.8 Å². The quantitative estimate of drug-likeness (QED) is 0.816. The molecule has 0 saturated heterocycles. The molecule has 0 aliphatic carbocycles. The number of aryl methyl sites for hydroxylation is 1. The van der Waals surface area contributed by atoms with Crippen molar-refractivity contribution in [3.8, 4) is 0 Å². The number of alkyl halides is 1. The highest BCUT2D eigenvalue weighted by Crippen LogP contribution is 2.28. The third kappa shape index (κ3) is 2.69. The van der Waals surface area contributed by atoms with Crippen LogP contribution in [-0.4, -0.2) is 17.7 Å². The van der Waals surface area contributed by atoms with Crippen molar-refractivity contribution in [2.24, 2.45) is 0 Å². The number of halogens is 1. The molecule has 3 rings (SSSR count). The van der Waals surface area contributed by atoms with Crippen LogP contribution in [0, 0.1) is 6.92 Å². The zero-order valence-corrected chi connectivity index (χ0v) is 13.2. The molecule has 2 heterocycles. The highest BCUT2D eigenvalue weighted by molar-refractivity contribution is 7.89. The molecule has 6 heteroatoms. The number of fused-ring (bicyclic) bond motifs is 1. The first-order valence-corrected chi connectivity index (χ1v) is 8.57. The fourth-order valence-electron chi connectivity index (χ4n) is 2.40. The lowest BCUT2D eigenvalue weighted by molar-refractivity contribution is 0.431. The van der Waals surface area contributed by atoms with Crippen LogP contribution >= 0.6 is 11.6 Å². The summed E-state index contributed by atoms with van der Waals surface area (Å²) in [7, 11) is -3.47. The first-order valence-electron chi connectivity index (χ1n) is 6.60. The minimum Gasteiger partial charge on any atom is -0.260 e. The summed E-state index contributed by atoms with van der Waals surface area (Å²) < 4.78 is 26.8. The Morgan fingerprint density at radius 2 is 1.86 bits per heavy atom. The van der Waals surface area contributed by atoms with E-state index in [0.717, 1.165) is 22.4 Å². The Hall–Kier alpha value is -1.43. The minimum absolute atomic E-state index is 0.325. The van der Waals surface area contributed by atoms with Crippen LogP contribution in [0.4, 0.5) is 0 Å². The molecule has 0 unspecified atom stereocenters. The molecule has 1 aliphatic rings. The molecule has 0 spiro atoms. The van der Waals surface area contributed by atoms with E-state index in [-0.39, 0.29) is 0 Å². The van der Waals surface area contributed by atoms with E-state index in [9.17, 15) is 8.42 Å². The van der Waals surface area contributed by atoms with Crippen molar-refractivity contribution in [2.75, 3.05) is 0 Å². The lowest BCUT2D eigenvalue weighted by Gasteiger charge is -2.15. The smallest absolute Gasteiger partial charge is 0.243 e. The van der Waals surface area contributed by atoms with E-state index in [0.29, 0.717) is 23.9 Å². The van der Waals surface area contributed by atoms with Gasteiger partial charge in [-0.05, 0) is 36.2 Å². The van der Waals surface area contributed by atoms with Crippen LogP contribution in [0.25, 0.3) is 0 Å². The van der Waals surface area contributed by atoms with Gasteiger partial charge in [-0.1, -0.05) is 17.7 Å². The molecule has 0 amide bonds. The van der Waals surface area contributed by atoms with Crippen molar-refractivity contribution < 1.29 is 8.42 Å². The summed E-state index contributed by atoms with van der Waals surface area (Å²) in [4.78, 5) is 4.54. The highest BCUT2D eigenvalue weighted by atomic mass is 35.5. The fourth-order valence-corrected chi connectivity index (χ4v) is 3.95. The third-order valence-electron chi connectivity index (χ3n) is 3.63. The van der Waals surface area contributed by atoms with Gasteiger partial charge in [-0.25, -0.2) is 8.42 Å². The number of hydrogen-bond acceptors (Lipinski definition) is 3. The molecule has 0 atom stereocenters. The van der Waals surface area contributed by atoms with Crippen LogP contribution in [0.5, 0.6) is 0 Å². The summed E-state index contributed by atoms with van der Waals surface area (Å²) in [5.74, 6) is 0.331. The third-order valence-corrected chi connectivity index (χ3v) is 5.71. The Morgan fingerprint density at radius 1 is 1.19 bits per heavy atom. The number of benzene rings is 1. The predicted molar refractivity (Wildman–Crippen MR) is 81.4 cm³/mol. The van der Waals surface area contributed by atoms with Crippen molar-refractivity contribution in [1.29, 1.82) is 0 Å². The van der Waals surface area contributed by atoms with Crippen molar-refractivity contribution in [3.05, 3.63) is 58.9 Å². The largest absolute Gasteiger partial charge is 0.260 e. The van der Waals surface area contributed by atoms with E-state index in [1.807, 2.05) is 25.1 Å². The second kappa shape index (κ2) is 5.40. The predicted octanol–water partition coefficient (Wildman–Crippen LogP) is 2.83. The summed E-state index contributed by atoms with van der Waals surface area (Å²) in [6.45, 7) is 2.67. The van der Waals surface area contributed by atoms with E-state index in [1.54, 1.807) is 18.3 Å². The maximum Gasteiger partial charge on any atom is 0.243 e. The molecule has 110 valence electrons.